The van der Waals surface area contributed by atoms with Crippen LogP contribution in [0.25, 0.3) is 10.8 Å². The van der Waals surface area contributed by atoms with Crippen LogP contribution in [-0.4, -0.2) is 38.9 Å². The highest BCUT2D eigenvalue weighted by atomic mass is 32.4. The summed E-state index contributed by atoms with van der Waals surface area (Å²) in [5.41, 5.74) is -1.11. The molecule has 10 nitrogen and oxygen atoms in total. The molecule has 0 spiro atoms. The van der Waals surface area contributed by atoms with E-state index in [-0.39, 0.29) is 5.39 Å². The smallest absolute Gasteiger partial charge is 0.239 e. The predicted molar refractivity (Wildman–Crippen MR) is 80.4 cm³/mol. The van der Waals surface area contributed by atoms with E-state index in [9.17, 15) is 38.9 Å². The van der Waals surface area contributed by atoms with Crippen molar-refractivity contribution in [2.45, 2.75) is 0 Å². The van der Waals surface area contributed by atoms with E-state index < -0.39 is 39.3 Å². The van der Waals surface area contributed by atoms with Gasteiger partial charge in [-0.15, -0.1) is 25.3 Å². The topological polar surface area (TPSA) is 163 Å². The number of fused-ring (bicyclic) bond motifs is 1. The molecule has 0 amide bonds. The molecule has 0 aliphatic carbocycles. The molecule has 0 radical (unpaired) electrons. The fraction of sp³-hybridized carbons (Fsp3) is 0. The van der Waals surface area contributed by atoms with Crippen LogP contribution in [0.2, 0.25) is 0 Å². The number of hydrogen-bond acceptors (Lipinski definition) is 6. The van der Waals surface area contributed by atoms with E-state index in [1.807, 2.05) is 0 Å². The molecule has 2 rings (SSSR count). The molecule has 126 valence electrons. The van der Waals surface area contributed by atoms with E-state index in [4.69, 9.17) is 0 Å². The zero-order valence-electron chi connectivity index (χ0n) is 11.0. The molecule has 2 aromatic carbocycles. The first-order chi connectivity index (χ1) is 10.3. The monoisotopic (exact) mass is 384 g/mol. The standard InChI is InChI=1S/C10H9NO9S3/c12-21(13,14)11(22(15,16)17,23(18,19)20)10-6-5-8-3-1-2-4-9(8)7-10/h1-7H,(H2-,12,13,14,15,16,17,18,19,20)/p+1. The van der Waals surface area contributed by atoms with Crippen LogP contribution >= 0.6 is 0 Å². The molecule has 0 bridgehead atoms. The predicted octanol–water partition coefficient (Wildman–Crippen LogP) is 0.556. The second kappa shape index (κ2) is 5.20. The molecule has 0 atom stereocenters. The number of benzene rings is 2. The van der Waals surface area contributed by atoms with Crippen LogP contribution in [0.1, 0.15) is 0 Å². The second-order valence-electron chi connectivity index (χ2n) is 4.37. The lowest BCUT2D eigenvalue weighted by molar-refractivity contribution is 0.396. The van der Waals surface area contributed by atoms with Crippen molar-refractivity contribution in [3.8, 4) is 0 Å². The summed E-state index contributed by atoms with van der Waals surface area (Å²) in [5, 5.41) is 0.679. The Kier molecular flexibility index (Phi) is 4.01. The van der Waals surface area contributed by atoms with Crippen LogP contribution in [0.4, 0.5) is 5.69 Å². The van der Waals surface area contributed by atoms with Gasteiger partial charge in [0.1, 0.15) is 0 Å². The van der Waals surface area contributed by atoms with E-state index in [0.717, 1.165) is 18.2 Å². The lowest BCUT2D eigenvalue weighted by Crippen LogP contribution is -2.61. The molecule has 0 aliphatic heterocycles. The highest BCUT2D eigenvalue weighted by molar-refractivity contribution is 8.16. The quantitative estimate of drug-likeness (QED) is 0.504. The van der Waals surface area contributed by atoms with Crippen molar-refractivity contribution >= 4 is 47.4 Å². The minimum absolute atomic E-state index is 0.198. The van der Waals surface area contributed by atoms with Crippen LogP contribution in [-0.2, 0) is 30.9 Å². The molecular formula is C10H10NO9S3+. The van der Waals surface area contributed by atoms with Crippen LogP contribution in [0.3, 0.4) is 0 Å². The van der Waals surface area contributed by atoms with E-state index in [1.54, 1.807) is 12.1 Å². The van der Waals surface area contributed by atoms with Crippen molar-refractivity contribution in [1.29, 1.82) is 0 Å². The van der Waals surface area contributed by atoms with E-state index in [2.05, 4.69) is 0 Å². The lowest BCUT2D eigenvalue weighted by atomic mass is 10.1. The third kappa shape index (κ3) is 2.61. The number of nitrogens with zero attached hydrogens (tertiary/aromatic N) is 1. The molecular weight excluding hydrogens is 374 g/mol. The maximum atomic E-state index is 11.5. The Balaban J connectivity index is 3.09. The molecule has 23 heavy (non-hydrogen) atoms. The van der Waals surface area contributed by atoms with Gasteiger partial charge >= 0.3 is 30.9 Å². The van der Waals surface area contributed by atoms with E-state index in [0.29, 0.717) is 5.39 Å². The van der Waals surface area contributed by atoms with Gasteiger partial charge < -0.3 is 0 Å². The van der Waals surface area contributed by atoms with Crippen molar-refractivity contribution in [2.75, 3.05) is 0 Å². The fourth-order valence-corrected chi connectivity index (χ4v) is 6.10. The maximum absolute atomic E-state index is 11.5. The molecule has 0 aliphatic rings. The normalized spacial score (nSPS) is 14.0. The molecule has 2 aromatic rings. The zero-order valence-corrected chi connectivity index (χ0v) is 13.5. The number of hydrogen-bond donors (Lipinski definition) is 3. The van der Waals surface area contributed by atoms with Gasteiger partial charge in [0.05, 0.1) is 2.70 Å². The first-order valence-electron chi connectivity index (χ1n) is 5.63. The summed E-state index contributed by atoms with van der Waals surface area (Å²) in [6, 6.07) is 8.71. The minimum Gasteiger partial charge on any atom is -0.239 e. The Morgan fingerprint density at radius 1 is 0.652 bits per heavy atom. The Morgan fingerprint density at radius 3 is 1.52 bits per heavy atom. The van der Waals surface area contributed by atoms with Gasteiger partial charge in [0.2, 0.25) is 0 Å². The SMILES string of the molecule is O=S(=O)(O)[N+](c1ccc2ccccc2c1)(S(=O)(=O)O)S(=O)(=O)O. The van der Waals surface area contributed by atoms with Gasteiger partial charge in [-0.1, -0.05) is 24.3 Å². The van der Waals surface area contributed by atoms with Gasteiger partial charge in [0.25, 0.3) is 0 Å². The third-order valence-corrected chi connectivity index (χ3v) is 8.81. The Bertz CT molecular complexity index is 1010. The Morgan fingerprint density at radius 2 is 1.09 bits per heavy atom. The molecule has 0 aromatic heterocycles. The van der Waals surface area contributed by atoms with Gasteiger partial charge in [-0.3, -0.25) is 0 Å². The third-order valence-electron chi connectivity index (χ3n) is 2.96. The average Bonchev–Trinajstić information content (AvgIpc) is 2.33. The summed E-state index contributed by atoms with van der Waals surface area (Å²) >= 11 is 0. The summed E-state index contributed by atoms with van der Waals surface area (Å²) in [7, 11) is -18.3. The summed E-state index contributed by atoms with van der Waals surface area (Å²) in [4.78, 5) is 0. The van der Waals surface area contributed by atoms with Crippen molar-refractivity contribution in [2.24, 2.45) is 0 Å². The minimum atomic E-state index is -6.10. The van der Waals surface area contributed by atoms with E-state index >= 15 is 0 Å². The molecule has 0 fully saturated rings. The van der Waals surface area contributed by atoms with Crippen LogP contribution in [0.15, 0.2) is 42.5 Å². The first kappa shape index (κ1) is 17.7. The highest BCUT2D eigenvalue weighted by Crippen LogP contribution is 2.36. The maximum Gasteiger partial charge on any atom is 0.472 e. The molecule has 0 heterocycles. The zero-order chi connectivity index (χ0) is 17.7. The van der Waals surface area contributed by atoms with Gasteiger partial charge in [-0.25, -0.2) is 13.7 Å². The summed E-state index contributed by atoms with van der Waals surface area (Å²) in [6.07, 6.45) is 0. The Labute approximate surface area is 131 Å². The fourth-order valence-electron chi connectivity index (χ4n) is 2.10. The van der Waals surface area contributed by atoms with Gasteiger partial charge in [-0.2, -0.15) is 0 Å². The van der Waals surface area contributed by atoms with Crippen molar-refractivity contribution in [1.82, 2.24) is 2.70 Å². The Hall–Kier alpha value is -1.61. The molecule has 3 N–H and O–H groups in total. The summed E-state index contributed by atoms with van der Waals surface area (Å²) in [6.45, 7) is 0. The highest BCUT2D eigenvalue weighted by Gasteiger charge is 2.66. The van der Waals surface area contributed by atoms with Crippen LogP contribution in [0.5, 0.6) is 0 Å². The molecule has 13 heteroatoms. The largest absolute Gasteiger partial charge is 0.472 e. The van der Waals surface area contributed by atoms with Gasteiger partial charge in [-0.05, 0) is 16.8 Å². The summed E-state index contributed by atoms with van der Waals surface area (Å²) in [5.74, 6) is 0. The van der Waals surface area contributed by atoms with Crippen molar-refractivity contribution in [3.05, 3.63) is 42.5 Å². The van der Waals surface area contributed by atoms with E-state index in [1.165, 1.54) is 12.1 Å². The van der Waals surface area contributed by atoms with Crippen molar-refractivity contribution in [3.63, 3.8) is 0 Å². The van der Waals surface area contributed by atoms with Crippen molar-refractivity contribution < 1.29 is 38.9 Å². The average molecular weight is 384 g/mol. The molecule has 0 saturated carbocycles. The summed E-state index contributed by atoms with van der Waals surface area (Å²) < 4.78 is 93.3. The first-order valence-corrected chi connectivity index (χ1v) is 9.83. The van der Waals surface area contributed by atoms with Gasteiger partial charge in [0, 0.05) is 12.1 Å². The number of quaternary nitrogens is 1. The molecule has 0 saturated heterocycles. The molecule has 0 unspecified atom stereocenters. The van der Waals surface area contributed by atoms with Crippen LogP contribution in [0, 0.1) is 0 Å². The number of rotatable bonds is 4. The van der Waals surface area contributed by atoms with Gasteiger partial charge in [0.15, 0.2) is 5.69 Å². The lowest BCUT2D eigenvalue weighted by Gasteiger charge is -2.24. The second-order valence-corrected chi connectivity index (χ2v) is 9.40. The van der Waals surface area contributed by atoms with Crippen LogP contribution < -0.4 is 2.70 Å².